The molecule has 0 aliphatic carbocycles. The van der Waals surface area contributed by atoms with Gasteiger partial charge in [-0.25, -0.2) is 9.59 Å². The van der Waals surface area contributed by atoms with Crippen LogP contribution in [0.3, 0.4) is 0 Å². The van der Waals surface area contributed by atoms with Crippen molar-refractivity contribution in [2.45, 2.75) is 44.6 Å². The van der Waals surface area contributed by atoms with Gasteiger partial charge in [-0.3, -0.25) is 0 Å². The van der Waals surface area contributed by atoms with E-state index in [1.807, 2.05) is 32.0 Å². The zero-order valence-electron chi connectivity index (χ0n) is 17.3. The van der Waals surface area contributed by atoms with Gasteiger partial charge in [0.1, 0.15) is 18.3 Å². The molecule has 5 atom stereocenters. The van der Waals surface area contributed by atoms with Crippen molar-refractivity contribution < 1.29 is 39.1 Å². The topological polar surface area (TPSA) is 135 Å². The van der Waals surface area contributed by atoms with Crippen LogP contribution in [0.25, 0.3) is 0 Å². The van der Waals surface area contributed by atoms with Crippen LogP contribution in [-0.4, -0.2) is 65.1 Å². The average Bonchev–Trinajstić information content (AvgIpc) is 2.77. The lowest BCUT2D eigenvalue weighted by Crippen LogP contribution is -2.60. The lowest BCUT2D eigenvalue weighted by molar-refractivity contribution is -0.279. The van der Waals surface area contributed by atoms with Gasteiger partial charge in [0.15, 0.2) is 6.10 Å². The molecule has 0 radical (unpaired) electrons. The number of nitrogens with one attached hydrogen (secondary N) is 1. The summed E-state index contributed by atoms with van der Waals surface area (Å²) in [6, 6.07) is 12.3. The number of carbonyl (C=O) groups is 2. The van der Waals surface area contributed by atoms with Gasteiger partial charge in [0, 0.05) is 5.69 Å². The summed E-state index contributed by atoms with van der Waals surface area (Å²) >= 11 is 0. The largest absolute Gasteiger partial charge is 0.467 e. The summed E-state index contributed by atoms with van der Waals surface area (Å²) in [5, 5.41) is 33.3. The van der Waals surface area contributed by atoms with Crippen molar-refractivity contribution in [2.24, 2.45) is 0 Å². The summed E-state index contributed by atoms with van der Waals surface area (Å²) in [4.78, 5) is 24.6. The van der Waals surface area contributed by atoms with E-state index in [0.717, 1.165) is 23.9 Å². The van der Waals surface area contributed by atoms with E-state index in [1.165, 1.54) is 6.07 Å². The van der Waals surface area contributed by atoms with Crippen LogP contribution in [0.2, 0.25) is 0 Å². The number of ether oxygens (including phenoxy) is 3. The van der Waals surface area contributed by atoms with Crippen LogP contribution in [0, 0.1) is 13.8 Å². The fourth-order valence-corrected chi connectivity index (χ4v) is 3.23. The summed E-state index contributed by atoms with van der Waals surface area (Å²) in [5.74, 6) is -1.83. The molecule has 0 amide bonds. The van der Waals surface area contributed by atoms with Gasteiger partial charge in [-0.1, -0.05) is 24.3 Å². The van der Waals surface area contributed by atoms with Gasteiger partial charge in [-0.2, -0.15) is 0 Å². The number of aryl methyl sites for hydroxylation is 1. The molecule has 9 heteroatoms. The molecule has 2 aromatic rings. The maximum absolute atomic E-state index is 12.8. The van der Waals surface area contributed by atoms with E-state index >= 15 is 0 Å². The molecule has 1 fully saturated rings. The summed E-state index contributed by atoms with van der Waals surface area (Å²) in [6.45, 7) is 3.92. The molecular formula is C22H25NO8. The minimum absolute atomic E-state index is 0.148. The van der Waals surface area contributed by atoms with Gasteiger partial charge in [-0.05, 0) is 43.2 Å². The molecule has 2 aromatic carbocycles. The fourth-order valence-electron chi connectivity index (χ4n) is 3.23. The van der Waals surface area contributed by atoms with E-state index in [4.69, 9.17) is 9.47 Å². The molecule has 0 spiro atoms. The minimum atomic E-state index is -1.78. The number of anilines is 2. The van der Waals surface area contributed by atoms with Crippen LogP contribution in [0.5, 0.6) is 0 Å². The first-order valence-electron chi connectivity index (χ1n) is 9.65. The Hall–Kier alpha value is -2.98. The predicted molar refractivity (Wildman–Crippen MR) is 110 cm³/mol. The van der Waals surface area contributed by atoms with Gasteiger partial charge in [0.25, 0.3) is 0 Å². The number of esters is 2. The molecule has 1 heterocycles. The van der Waals surface area contributed by atoms with E-state index in [1.54, 1.807) is 18.2 Å². The Morgan fingerprint density at radius 1 is 0.935 bits per heavy atom. The Bertz CT molecular complexity index is 962. The molecule has 0 saturated carbocycles. The molecule has 9 nitrogen and oxygen atoms in total. The first-order chi connectivity index (χ1) is 14.7. The lowest BCUT2D eigenvalue weighted by Gasteiger charge is -2.38. The maximum atomic E-state index is 12.8. The molecule has 0 unspecified atom stereocenters. The van der Waals surface area contributed by atoms with Crippen molar-refractivity contribution in [1.82, 2.24) is 0 Å². The van der Waals surface area contributed by atoms with Crippen LogP contribution in [0.1, 0.15) is 21.5 Å². The Morgan fingerprint density at radius 2 is 1.61 bits per heavy atom. The Kier molecular flexibility index (Phi) is 6.91. The molecular weight excluding hydrogens is 406 g/mol. The highest BCUT2D eigenvalue weighted by atomic mass is 16.7. The summed E-state index contributed by atoms with van der Waals surface area (Å²) in [6.07, 6.45) is -8.60. The third kappa shape index (κ3) is 4.70. The van der Waals surface area contributed by atoms with E-state index in [2.05, 4.69) is 10.1 Å². The number of para-hydroxylation sites is 1. The van der Waals surface area contributed by atoms with Gasteiger partial charge in [-0.15, -0.1) is 0 Å². The average molecular weight is 431 g/mol. The minimum Gasteiger partial charge on any atom is -0.467 e. The molecule has 0 bridgehead atoms. The quantitative estimate of drug-likeness (QED) is 0.515. The molecule has 1 aliphatic heterocycles. The third-order valence-corrected chi connectivity index (χ3v) is 5.25. The number of aliphatic hydroxyl groups excluding tert-OH is 3. The van der Waals surface area contributed by atoms with Crippen molar-refractivity contribution in [3.63, 3.8) is 0 Å². The molecule has 3 rings (SSSR count). The van der Waals surface area contributed by atoms with Crippen molar-refractivity contribution in [3.8, 4) is 0 Å². The second-order valence-corrected chi connectivity index (χ2v) is 7.24. The highest BCUT2D eigenvalue weighted by molar-refractivity contribution is 5.96. The molecule has 1 aliphatic rings. The third-order valence-electron chi connectivity index (χ3n) is 5.25. The van der Waals surface area contributed by atoms with E-state index < -0.39 is 42.6 Å². The number of rotatable bonds is 5. The number of hydrogen-bond acceptors (Lipinski definition) is 9. The first kappa shape index (κ1) is 22.7. The molecule has 4 N–H and O–H groups in total. The van der Waals surface area contributed by atoms with Crippen molar-refractivity contribution >= 4 is 23.3 Å². The number of hydrogen-bond donors (Lipinski definition) is 4. The number of carbonyl (C=O) groups excluding carboxylic acids is 2. The van der Waals surface area contributed by atoms with Crippen LogP contribution < -0.4 is 5.32 Å². The molecule has 0 aromatic heterocycles. The molecule has 31 heavy (non-hydrogen) atoms. The van der Waals surface area contributed by atoms with Gasteiger partial charge >= 0.3 is 11.9 Å². The SMILES string of the molecule is COC(=O)[C@H]1O[C@@H](OC(=O)c2ccccc2Nc2cccc(C)c2C)[C@H](O)[C@@H](O)[C@@H]1O. The lowest BCUT2D eigenvalue weighted by atomic mass is 9.99. The Morgan fingerprint density at radius 3 is 2.32 bits per heavy atom. The number of benzene rings is 2. The van der Waals surface area contributed by atoms with Crippen molar-refractivity contribution in [3.05, 3.63) is 59.2 Å². The Labute approximate surface area is 179 Å². The van der Waals surface area contributed by atoms with Crippen molar-refractivity contribution in [2.75, 3.05) is 12.4 Å². The smallest absolute Gasteiger partial charge is 0.342 e. The highest BCUT2D eigenvalue weighted by Crippen LogP contribution is 2.28. The van der Waals surface area contributed by atoms with Gasteiger partial charge < -0.3 is 34.8 Å². The van der Waals surface area contributed by atoms with Crippen molar-refractivity contribution in [1.29, 1.82) is 0 Å². The summed E-state index contributed by atoms with van der Waals surface area (Å²) < 4.78 is 15.0. The van der Waals surface area contributed by atoms with Gasteiger partial charge in [0.05, 0.1) is 18.4 Å². The van der Waals surface area contributed by atoms with Crippen LogP contribution in [-0.2, 0) is 19.0 Å². The van der Waals surface area contributed by atoms with Crippen LogP contribution >= 0.6 is 0 Å². The maximum Gasteiger partial charge on any atom is 0.342 e. The summed E-state index contributed by atoms with van der Waals surface area (Å²) in [5.41, 5.74) is 3.49. The van der Waals surface area contributed by atoms with Crippen LogP contribution in [0.15, 0.2) is 42.5 Å². The molecule has 1 saturated heterocycles. The van der Waals surface area contributed by atoms with Gasteiger partial charge in [0.2, 0.25) is 6.29 Å². The Balaban J connectivity index is 1.82. The van der Waals surface area contributed by atoms with E-state index in [-0.39, 0.29) is 5.56 Å². The number of methoxy groups -OCH3 is 1. The second-order valence-electron chi connectivity index (χ2n) is 7.24. The van der Waals surface area contributed by atoms with Crippen LogP contribution in [0.4, 0.5) is 11.4 Å². The predicted octanol–water partition coefficient (Wildman–Crippen LogP) is 1.18. The number of aliphatic hydroxyl groups is 3. The zero-order valence-corrected chi connectivity index (χ0v) is 17.3. The normalized spacial score (nSPS) is 25.5. The standard InChI is InChI=1S/C22H25NO8/c1-11-7-6-10-14(12(11)2)23-15-9-5-4-8-13(15)20(27)31-22-18(26)16(24)17(25)19(30-22)21(28)29-3/h4-10,16-19,22-26H,1-3H3/t16-,17-,18+,19-,22-/m0/s1. The fraction of sp³-hybridized carbons (Fsp3) is 0.364. The molecule has 166 valence electrons. The first-order valence-corrected chi connectivity index (χ1v) is 9.65. The zero-order chi connectivity index (χ0) is 22.7. The second kappa shape index (κ2) is 9.44. The highest BCUT2D eigenvalue weighted by Gasteiger charge is 2.49. The monoisotopic (exact) mass is 431 g/mol. The van der Waals surface area contributed by atoms with E-state index in [0.29, 0.717) is 5.69 Å². The summed E-state index contributed by atoms with van der Waals surface area (Å²) in [7, 11) is 1.08. The van der Waals surface area contributed by atoms with E-state index in [9.17, 15) is 24.9 Å².